The zero-order chi connectivity index (χ0) is 16.8. The molecule has 1 unspecified atom stereocenters. The Balaban J connectivity index is 3.09. The van der Waals surface area contributed by atoms with Crippen LogP contribution in [-0.4, -0.2) is 27.0 Å². The lowest BCUT2D eigenvalue weighted by atomic mass is 10.2. The maximum absolute atomic E-state index is 12.5. The molecule has 1 aromatic carbocycles. The average Bonchev–Trinajstić information content (AvgIpc) is 2.46. The van der Waals surface area contributed by atoms with Crippen LogP contribution in [0.1, 0.15) is 25.8 Å². The van der Waals surface area contributed by atoms with Crippen LogP contribution in [0.2, 0.25) is 5.02 Å². The predicted octanol–water partition coefficient (Wildman–Crippen LogP) is 2.82. The number of sulfonamides is 1. The van der Waals surface area contributed by atoms with E-state index in [0.717, 1.165) is 0 Å². The van der Waals surface area contributed by atoms with E-state index in [4.69, 9.17) is 16.3 Å². The van der Waals surface area contributed by atoms with E-state index >= 15 is 0 Å². The number of rotatable bonds is 7. The summed E-state index contributed by atoms with van der Waals surface area (Å²) in [5.74, 6) is -0.608. The molecule has 0 aromatic heterocycles. The fourth-order valence-electron chi connectivity index (χ4n) is 1.82. The van der Waals surface area contributed by atoms with E-state index in [9.17, 15) is 13.2 Å². The van der Waals surface area contributed by atoms with Gasteiger partial charge in [-0.15, -0.1) is 0 Å². The summed E-state index contributed by atoms with van der Waals surface area (Å²) in [5.41, 5.74) is 0.547. The Morgan fingerprint density at radius 1 is 1.45 bits per heavy atom. The molecule has 1 N–H and O–H groups in total. The lowest BCUT2D eigenvalue weighted by molar-refractivity contribution is -0.145. The Bertz CT molecular complexity index is 656. The third-order valence-corrected chi connectivity index (χ3v) is 4.76. The molecule has 0 saturated heterocycles. The molecule has 5 nitrogen and oxygen atoms in total. The molecule has 1 atom stereocenters. The zero-order valence-corrected chi connectivity index (χ0v) is 14.4. The van der Waals surface area contributed by atoms with Gasteiger partial charge in [0, 0.05) is 5.02 Å². The molecule has 0 aliphatic rings. The van der Waals surface area contributed by atoms with Crippen molar-refractivity contribution in [2.45, 2.75) is 38.1 Å². The van der Waals surface area contributed by atoms with Crippen LogP contribution in [0.25, 0.3) is 0 Å². The number of halogens is 1. The van der Waals surface area contributed by atoms with E-state index in [1.807, 2.05) is 0 Å². The lowest BCUT2D eigenvalue weighted by Crippen LogP contribution is -2.41. The van der Waals surface area contributed by atoms with Gasteiger partial charge in [-0.25, -0.2) is 8.42 Å². The molecule has 122 valence electrons. The predicted molar refractivity (Wildman–Crippen MR) is 86.4 cm³/mol. The number of hydrogen-bond acceptors (Lipinski definition) is 4. The van der Waals surface area contributed by atoms with E-state index < -0.39 is 22.0 Å². The van der Waals surface area contributed by atoms with Crippen molar-refractivity contribution in [3.8, 4) is 0 Å². The van der Waals surface area contributed by atoms with Crippen LogP contribution in [0.15, 0.2) is 35.2 Å². The summed E-state index contributed by atoms with van der Waals surface area (Å²) in [6.07, 6.45) is 3.66. The molecule has 0 fully saturated rings. The number of ether oxygens (including phenoxy) is 1. The van der Waals surface area contributed by atoms with Crippen molar-refractivity contribution in [1.82, 2.24) is 4.72 Å². The minimum Gasteiger partial charge on any atom is -0.465 e. The third kappa shape index (κ3) is 5.12. The molecule has 0 heterocycles. The van der Waals surface area contributed by atoms with Crippen molar-refractivity contribution in [2.75, 3.05) is 6.61 Å². The van der Waals surface area contributed by atoms with Crippen molar-refractivity contribution in [1.29, 1.82) is 0 Å². The van der Waals surface area contributed by atoms with Crippen molar-refractivity contribution >= 4 is 27.6 Å². The molecule has 1 aromatic rings. The van der Waals surface area contributed by atoms with E-state index in [1.54, 1.807) is 45.1 Å². The van der Waals surface area contributed by atoms with Crippen LogP contribution in [0, 0.1) is 6.92 Å². The molecule has 0 radical (unpaired) electrons. The van der Waals surface area contributed by atoms with Crippen molar-refractivity contribution < 1.29 is 17.9 Å². The van der Waals surface area contributed by atoms with Crippen molar-refractivity contribution in [3.05, 3.63) is 40.9 Å². The van der Waals surface area contributed by atoms with Gasteiger partial charge in [0.15, 0.2) is 0 Å². The molecule has 0 aliphatic heterocycles. The Morgan fingerprint density at radius 3 is 2.73 bits per heavy atom. The summed E-state index contributed by atoms with van der Waals surface area (Å²) >= 11 is 5.86. The van der Waals surface area contributed by atoms with Crippen LogP contribution >= 0.6 is 11.6 Å². The third-order valence-electron chi connectivity index (χ3n) is 2.92. The number of carbonyl (C=O) groups is 1. The summed E-state index contributed by atoms with van der Waals surface area (Å²) in [6, 6.07) is 3.61. The number of carbonyl (C=O) groups excluding carboxylic acids is 1. The maximum atomic E-state index is 12.5. The second kappa shape index (κ2) is 8.31. The summed E-state index contributed by atoms with van der Waals surface area (Å²) in [7, 11) is -3.88. The smallest absolute Gasteiger partial charge is 0.324 e. The van der Waals surface area contributed by atoms with Crippen LogP contribution in [-0.2, 0) is 19.6 Å². The first-order valence-corrected chi connectivity index (χ1v) is 8.74. The molecule has 0 aliphatic carbocycles. The minimum absolute atomic E-state index is 0.0507. The Hall–Kier alpha value is -1.37. The second-order valence-corrected chi connectivity index (χ2v) is 6.76. The summed E-state index contributed by atoms with van der Waals surface area (Å²) in [6.45, 7) is 5.30. The van der Waals surface area contributed by atoms with Gasteiger partial charge in [-0.3, -0.25) is 4.79 Å². The number of aryl methyl sites for hydroxylation is 1. The highest BCUT2D eigenvalue weighted by molar-refractivity contribution is 7.89. The van der Waals surface area contributed by atoms with Crippen LogP contribution in [0.3, 0.4) is 0 Å². The molecule has 0 amide bonds. The van der Waals surface area contributed by atoms with Gasteiger partial charge in [-0.05, 0) is 44.9 Å². The molecule has 0 saturated carbocycles. The lowest BCUT2D eigenvalue weighted by Gasteiger charge is -2.17. The quantitative estimate of drug-likeness (QED) is 0.609. The number of nitrogens with one attached hydrogen (secondary N) is 1. The van der Waals surface area contributed by atoms with Crippen LogP contribution in [0.4, 0.5) is 0 Å². The summed E-state index contributed by atoms with van der Waals surface area (Å²) in [5, 5.41) is 0.312. The zero-order valence-electron chi connectivity index (χ0n) is 12.8. The van der Waals surface area contributed by atoms with E-state index in [-0.39, 0.29) is 17.9 Å². The first-order chi connectivity index (χ1) is 10.3. The maximum Gasteiger partial charge on any atom is 0.324 e. The number of allylic oxidation sites excluding steroid dienone is 1. The number of benzene rings is 1. The van der Waals surface area contributed by atoms with Gasteiger partial charge in [0.2, 0.25) is 10.0 Å². The van der Waals surface area contributed by atoms with Gasteiger partial charge in [-0.1, -0.05) is 29.8 Å². The molecule has 0 spiro atoms. The molecule has 1 rings (SSSR count). The Morgan fingerprint density at radius 2 is 2.14 bits per heavy atom. The molecular formula is C15H20ClNO4S. The fraction of sp³-hybridized carbons (Fsp3) is 0.400. The summed E-state index contributed by atoms with van der Waals surface area (Å²) in [4.78, 5) is 12.0. The van der Waals surface area contributed by atoms with Crippen molar-refractivity contribution in [2.24, 2.45) is 0 Å². The van der Waals surface area contributed by atoms with Gasteiger partial charge in [0.05, 0.1) is 11.5 Å². The van der Waals surface area contributed by atoms with Crippen LogP contribution < -0.4 is 4.72 Å². The monoisotopic (exact) mass is 345 g/mol. The van der Waals surface area contributed by atoms with Gasteiger partial charge < -0.3 is 4.74 Å². The molecule has 7 heteroatoms. The molecule has 0 bridgehead atoms. The van der Waals surface area contributed by atoms with E-state index in [0.29, 0.717) is 10.6 Å². The second-order valence-electron chi connectivity index (χ2n) is 4.64. The van der Waals surface area contributed by atoms with Gasteiger partial charge >= 0.3 is 5.97 Å². The minimum atomic E-state index is -3.88. The highest BCUT2D eigenvalue weighted by atomic mass is 35.5. The average molecular weight is 346 g/mol. The van der Waals surface area contributed by atoms with Crippen molar-refractivity contribution in [3.63, 3.8) is 0 Å². The molecule has 22 heavy (non-hydrogen) atoms. The highest BCUT2D eigenvalue weighted by Crippen LogP contribution is 2.20. The van der Waals surface area contributed by atoms with E-state index in [2.05, 4.69) is 4.72 Å². The fourth-order valence-corrected chi connectivity index (χ4v) is 3.53. The molecular weight excluding hydrogens is 326 g/mol. The topological polar surface area (TPSA) is 72.5 Å². The largest absolute Gasteiger partial charge is 0.465 e. The number of esters is 1. The highest BCUT2D eigenvalue weighted by Gasteiger charge is 2.27. The van der Waals surface area contributed by atoms with Gasteiger partial charge in [0.25, 0.3) is 0 Å². The standard InChI is InChI=1S/C15H20ClNO4S/c1-4-6-7-13(15(18)21-5-2)17-22(19,20)14-10-12(16)9-8-11(14)3/h4,6,8-10,13,17H,5,7H2,1-3H3/b6-4-. The van der Waals surface area contributed by atoms with Gasteiger partial charge in [-0.2, -0.15) is 4.72 Å². The first-order valence-electron chi connectivity index (χ1n) is 6.88. The van der Waals surface area contributed by atoms with Gasteiger partial charge in [0.1, 0.15) is 6.04 Å². The Kier molecular flexibility index (Phi) is 7.06. The normalized spacial score (nSPS) is 13.3. The first kappa shape index (κ1) is 18.7. The van der Waals surface area contributed by atoms with Crippen LogP contribution in [0.5, 0.6) is 0 Å². The number of hydrogen-bond donors (Lipinski definition) is 1. The van der Waals surface area contributed by atoms with E-state index in [1.165, 1.54) is 6.07 Å². The summed E-state index contributed by atoms with van der Waals surface area (Å²) < 4.78 is 32.3. The SMILES string of the molecule is C/C=C\CC(NS(=O)(=O)c1cc(Cl)ccc1C)C(=O)OCC. The Labute approximate surface area is 136 Å².